The van der Waals surface area contributed by atoms with E-state index in [1.165, 1.54) is 6.07 Å². The highest BCUT2D eigenvalue weighted by molar-refractivity contribution is 9.11. The van der Waals surface area contributed by atoms with Gasteiger partial charge in [-0.2, -0.15) is 0 Å². The fourth-order valence-corrected chi connectivity index (χ4v) is 4.11. The number of rotatable bonds is 4. The van der Waals surface area contributed by atoms with Crippen molar-refractivity contribution in [3.05, 3.63) is 56.5 Å². The van der Waals surface area contributed by atoms with Gasteiger partial charge in [-0.15, -0.1) is 0 Å². The van der Waals surface area contributed by atoms with Crippen LogP contribution in [0.3, 0.4) is 0 Å². The van der Waals surface area contributed by atoms with Crippen LogP contribution >= 0.6 is 31.9 Å². The quantitative estimate of drug-likeness (QED) is 0.723. The Balaban J connectivity index is 2.36. The Labute approximate surface area is 143 Å². The Bertz CT molecular complexity index is 803. The van der Waals surface area contributed by atoms with Gasteiger partial charge in [0.15, 0.2) is 9.84 Å². The number of nitrogens with one attached hydrogen (secondary N) is 1. The van der Waals surface area contributed by atoms with Crippen LogP contribution in [0.5, 0.6) is 0 Å². The Hall–Kier alpha value is -0.990. The molecule has 0 saturated heterocycles. The van der Waals surface area contributed by atoms with Crippen molar-refractivity contribution in [2.24, 2.45) is 0 Å². The maximum absolute atomic E-state index is 13.7. The molecule has 0 unspecified atom stereocenters. The largest absolute Gasteiger partial charge is 0.351 e. The van der Waals surface area contributed by atoms with Crippen LogP contribution < -0.4 is 5.32 Å². The van der Waals surface area contributed by atoms with Crippen molar-refractivity contribution in [3.63, 3.8) is 0 Å². The molecule has 0 amide bonds. The molecule has 0 atom stereocenters. The van der Waals surface area contributed by atoms with Crippen molar-refractivity contribution < 1.29 is 17.2 Å². The first-order valence-corrected chi connectivity index (χ1v) is 9.68. The summed E-state index contributed by atoms with van der Waals surface area (Å²) in [4.78, 5) is 0. The first-order chi connectivity index (χ1) is 10.2. The fraction of sp³-hybridized carbons (Fsp3) is 0.143. The third-order valence-electron chi connectivity index (χ3n) is 2.72. The number of halogens is 4. The lowest BCUT2D eigenvalue weighted by molar-refractivity contribution is 0.586. The summed E-state index contributed by atoms with van der Waals surface area (Å²) >= 11 is 6.64. The van der Waals surface area contributed by atoms with Crippen molar-refractivity contribution in [3.8, 4) is 0 Å². The fourth-order valence-electron chi connectivity index (χ4n) is 1.86. The maximum atomic E-state index is 13.7. The first kappa shape index (κ1) is 17.4. The summed E-state index contributed by atoms with van der Waals surface area (Å²) < 4.78 is 50.4. The molecule has 0 aliphatic carbocycles. The molecule has 0 heterocycles. The van der Waals surface area contributed by atoms with Crippen LogP contribution in [-0.4, -0.2) is 14.7 Å². The molecule has 0 fully saturated rings. The molecule has 2 aromatic carbocycles. The highest BCUT2D eigenvalue weighted by atomic mass is 79.9. The van der Waals surface area contributed by atoms with Crippen molar-refractivity contribution in [1.29, 1.82) is 0 Å². The molecule has 0 saturated carbocycles. The Kier molecular flexibility index (Phi) is 5.24. The SMILES string of the molecule is CS(=O)(=O)Cc1cc(Br)c(Nc2ccc(F)cc2F)c(Br)c1. The number of benzene rings is 2. The molecule has 2 aromatic rings. The van der Waals surface area contributed by atoms with E-state index in [1.807, 2.05) is 0 Å². The van der Waals surface area contributed by atoms with Crippen LogP contribution in [0.4, 0.5) is 20.2 Å². The Morgan fingerprint density at radius 3 is 2.18 bits per heavy atom. The smallest absolute Gasteiger partial charge is 0.151 e. The van der Waals surface area contributed by atoms with Gasteiger partial charge < -0.3 is 5.32 Å². The molecule has 2 rings (SSSR count). The van der Waals surface area contributed by atoms with Gasteiger partial charge in [-0.25, -0.2) is 17.2 Å². The zero-order valence-electron chi connectivity index (χ0n) is 11.3. The molecule has 22 heavy (non-hydrogen) atoms. The van der Waals surface area contributed by atoms with E-state index >= 15 is 0 Å². The Morgan fingerprint density at radius 1 is 1.09 bits per heavy atom. The normalized spacial score (nSPS) is 11.5. The molecule has 0 aliphatic rings. The van der Waals surface area contributed by atoms with Gasteiger partial charge in [-0.05, 0) is 61.7 Å². The third kappa shape index (κ3) is 4.50. The minimum absolute atomic E-state index is 0.102. The average Bonchev–Trinajstić information content (AvgIpc) is 2.33. The number of hydrogen-bond acceptors (Lipinski definition) is 3. The minimum atomic E-state index is -3.16. The van der Waals surface area contributed by atoms with Gasteiger partial charge in [0.1, 0.15) is 11.6 Å². The van der Waals surface area contributed by atoms with Crippen LogP contribution in [0, 0.1) is 11.6 Å². The lowest BCUT2D eigenvalue weighted by atomic mass is 10.2. The monoisotopic (exact) mass is 453 g/mol. The van der Waals surface area contributed by atoms with Crippen molar-refractivity contribution >= 4 is 53.1 Å². The molecular formula is C14H11Br2F2NO2S. The van der Waals surface area contributed by atoms with Crippen molar-refractivity contribution in [2.75, 3.05) is 11.6 Å². The van der Waals surface area contributed by atoms with E-state index < -0.39 is 21.5 Å². The van der Waals surface area contributed by atoms with Crippen LogP contribution in [0.15, 0.2) is 39.3 Å². The van der Waals surface area contributed by atoms with E-state index in [1.54, 1.807) is 12.1 Å². The third-order valence-corrected chi connectivity index (χ3v) is 4.83. The summed E-state index contributed by atoms with van der Waals surface area (Å²) in [5.41, 5.74) is 1.22. The van der Waals surface area contributed by atoms with Gasteiger partial charge in [0.05, 0.1) is 17.1 Å². The first-order valence-electron chi connectivity index (χ1n) is 6.03. The number of hydrogen-bond donors (Lipinski definition) is 1. The van der Waals surface area contributed by atoms with E-state index in [9.17, 15) is 17.2 Å². The van der Waals surface area contributed by atoms with Crippen LogP contribution in [0.2, 0.25) is 0 Å². The molecule has 118 valence electrons. The summed E-state index contributed by atoms with van der Waals surface area (Å²) in [6, 6.07) is 6.48. The summed E-state index contributed by atoms with van der Waals surface area (Å²) in [7, 11) is -3.16. The summed E-state index contributed by atoms with van der Waals surface area (Å²) in [6.45, 7) is 0. The van der Waals surface area contributed by atoms with Crippen molar-refractivity contribution in [2.45, 2.75) is 5.75 Å². The van der Waals surface area contributed by atoms with E-state index in [0.717, 1.165) is 18.4 Å². The molecule has 8 heteroatoms. The lowest BCUT2D eigenvalue weighted by Crippen LogP contribution is -2.02. The van der Waals surface area contributed by atoms with Crippen LogP contribution in [0.25, 0.3) is 0 Å². The molecule has 0 aliphatic heterocycles. The molecule has 3 nitrogen and oxygen atoms in total. The van der Waals surface area contributed by atoms with Gasteiger partial charge in [0.25, 0.3) is 0 Å². The number of sulfone groups is 1. The Morgan fingerprint density at radius 2 is 1.68 bits per heavy atom. The number of anilines is 2. The molecule has 0 spiro atoms. The van der Waals surface area contributed by atoms with Gasteiger partial charge in [-0.3, -0.25) is 0 Å². The topological polar surface area (TPSA) is 46.2 Å². The lowest BCUT2D eigenvalue weighted by Gasteiger charge is -2.13. The zero-order valence-corrected chi connectivity index (χ0v) is 15.3. The van der Waals surface area contributed by atoms with E-state index in [2.05, 4.69) is 37.2 Å². The molecule has 0 bridgehead atoms. The highest BCUT2D eigenvalue weighted by Gasteiger charge is 2.13. The van der Waals surface area contributed by atoms with E-state index in [0.29, 0.717) is 20.2 Å². The van der Waals surface area contributed by atoms with Crippen LogP contribution in [-0.2, 0) is 15.6 Å². The average molecular weight is 455 g/mol. The summed E-state index contributed by atoms with van der Waals surface area (Å²) in [5.74, 6) is -1.49. The van der Waals surface area contributed by atoms with Gasteiger partial charge >= 0.3 is 0 Å². The predicted molar refractivity (Wildman–Crippen MR) is 90.0 cm³/mol. The molecular weight excluding hydrogens is 444 g/mol. The van der Waals surface area contributed by atoms with Gasteiger partial charge in [-0.1, -0.05) is 0 Å². The maximum Gasteiger partial charge on any atom is 0.151 e. The second kappa shape index (κ2) is 6.64. The van der Waals surface area contributed by atoms with Gasteiger partial charge in [0.2, 0.25) is 0 Å². The second-order valence-electron chi connectivity index (χ2n) is 4.75. The molecule has 1 N–H and O–H groups in total. The van der Waals surface area contributed by atoms with Gasteiger partial charge in [0, 0.05) is 21.3 Å². The zero-order chi connectivity index (χ0) is 16.5. The second-order valence-corrected chi connectivity index (χ2v) is 8.60. The molecule has 0 aromatic heterocycles. The summed E-state index contributed by atoms with van der Waals surface area (Å²) in [5, 5.41) is 2.84. The van der Waals surface area contributed by atoms with E-state index in [-0.39, 0.29) is 11.4 Å². The standard InChI is InChI=1S/C14H11Br2F2NO2S/c1-22(20,21)7-8-4-10(15)14(11(16)5-8)19-13-3-2-9(17)6-12(13)18/h2-6,19H,7H2,1H3. The van der Waals surface area contributed by atoms with E-state index in [4.69, 9.17) is 0 Å². The summed E-state index contributed by atoms with van der Waals surface area (Å²) in [6.07, 6.45) is 1.15. The van der Waals surface area contributed by atoms with Crippen LogP contribution in [0.1, 0.15) is 5.56 Å². The minimum Gasteiger partial charge on any atom is -0.351 e. The van der Waals surface area contributed by atoms with Crippen molar-refractivity contribution in [1.82, 2.24) is 0 Å². The highest BCUT2D eigenvalue weighted by Crippen LogP contribution is 2.35. The molecule has 0 radical (unpaired) electrons. The predicted octanol–water partition coefficient (Wildman–Crippen LogP) is 4.78.